The lowest BCUT2D eigenvalue weighted by Crippen LogP contribution is -2.14. The molecule has 0 aliphatic carbocycles. The Morgan fingerprint density at radius 3 is 2.39 bits per heavy atom. The molecule has 0 N–H and O–H groups in total. The van der Waals surface area contributed by atoms with Gasteiger partial charge in [-0.1, -0.05) is 32.4 Å². The molecule has 0 bridgehead atoms. The SMILES string of the molecule is CC(C)(C)c1cc(Cl)c2c(F)c(Br)cc(F)c2n1. The van der Waals surface area contributed by atoms with Crippen LogP contribution < -0.4 is 0 Å². The molecule has 1 nitrogen and oxygen atoms in total. The molecule has 1 heterocycles. The van der Waals surface area contributed by atoms with Crippen molar-refractivity contribution in [3.63, 3.8) is 0 Å². The van der Waals surface area contributed by atoms with Gasteiger partial charge in [0.2, 0.25) is 0 Å². The molecule has 2 rings (SSSR count). The minimum absolute atomic E-state index is 0.0107. The van der Waals surface area contributed by atoms with Gasteiger partial charge in [-0.15, -0.1) is 0 Å². The summed E-state index contributed by atoms with van der Waals surface area (Å²) in [5, 5.41) is 0.180. The summed E-state index contributed by atoms with van der Waals surface area (Å²) in [6, 6.07) is 2.65. The van der Waals surface area contributed by atoms with Crippen LogP contribution in [0.5, 0.6) is 0 Å². The summed E-state index contributed by atoms with van der Waals surface area (Å²) in [6.07, 6.45) is 0. The Kier molecular flexibility index (Phi) is 3.36. The van der Waals surface area contributed by atoms with E-state index in [0.29, 0.717) is 5.69 Å². The van der Waals surface area contributed by atoms with Crippen LogP contribution in [0.3, 0.4) is 0 Å². The molecule has 18 heavy (non-hydrogen) atoms. The highest BCUT2D eigenvalue weighted by atomic mass is 79.9. The lowest BCUT2D eigenvalue weighted by Gasteiger charge is -2.19. The Balaban J connectivity index is 2.91. The molecule has 0 saturated heterocycles. The van der Waals surface area contributed by atoms with Crippen molar-refractivity contribution in [2.24, 2.45) is 0 Å². The summed E-state index contributed by atoms with van der Waals surface area (Å²) < 4.78 is 27.8. The number of nitrogens with zero attached hydrogens (tertiary/aromatic N) is 1. The second-order valence-electron chi connectivity index (χ2n) is 5.12. The van der Waals surface area contributed by atoms with E-state index in [1.807, 2.05) is 20.8 Å². The highest BCUT2D eigenvalue weighted by Crippen LogP contribution is 2.34. The maximum atomic E-state index is 13.9. The van der Waals surface area contributed by atoms with E-state index in [2.05, 4.69) is 20.9 Å². The zero-order chi connectivity index (χ0) is 13.7. The number of halogens is 4. The average Bonchev–Trinajstić information content (AvgIpc) is 2.24. The van der Waals surface area contributed by atoms with E-state index in [4.69, 9.17) is 11.6 Å². The average molecular weight is 335 g/mol. The Morgan fingerprint density at radius 2 is 1.83 bits per heavy atom. The van der Waals surface area contributed by atoms with Crippen LogP contribution in [0.15, 0.2) is 16.6 Å². The Hall–Kier alpha value is -0.740. The Labute approximate surface area is 117 Å². The van der Waals surface area contributed by atoms with Crippen molar-refractivity contribution in [2.75, 3.05) is 0 Å². The van der Waals surface area contributed by atoms with Crippen LogP contribution in [-0.4, -0.2) is 4.98 Å². The molecule has 0 radical (unpaired) electrons. The van der Waals surface area contributed by atoms with Crippen molar-refractivity contribution < 1.29 is 8.78 Å². The van der Waals surface area contributed by atoms with Crippen molar-refractivity contribution in [3.8, 4) is 0 Å². The molecule has 2 aromatic rings. The van der Waals surface area contributed by atoms with Crippen LogP contribution in [0.1, 0.15) is 26.5 Å². The number of pyridine rings is 1. The van der Waals surface area contributed by atoms with E-state index in [9.17, 15) is 8.78 Å². The van der Waals surface area contributed by atoms with Crippen molar-refractivity contribution in [3.05, 3.63) is 39.0 Å². The predicted molar refractivity (Wildman–Crippen MR) is 73.1 cm³/mol. The first-order valence-corrected chi connectivity index (χ1v) is 6.53. The first kappa shape index (κ1) is 13.7. The molecule has 1 aromatic carbocycles. The van der Waals surface area contributed by atoms with Gasteiger partial charge >= 0.3 is 0 Å². The topological polar surface area (TPSA) is 12.9 Å². The van der Waals surface area contributed by atoms with Crippen LogP contribution in [-0.2, 0) is 5.41 Å². The number of aromatic nitrogens is 1. The predicted octanol–water partition coefficient (Wildman–Crippen LogP) is 5.23. The number of benzene rings is 1. The minimum atomic E-state index is -0.593. The quantitative estimate of drug-likeness (QED) is 0.601. The normalized spacial score (nSPS) is 12.2. The summed E-state index contributed by atoms with van der Waals surface area (Å²) in [7, 11) is 0. The molecule has 1 aromatic heterocycles. The fourth-order valence-corrected chi connectivity index (χ4v) is 2.32. The molecule has 96 valence electrons. The van der Waals surface area contributed by atoms with Gasteiger partial charge in [-0.25, -0.2) is 13.8 Å². The number of hydrogen-bond donors (Lipinski definition) is 0. The Bertz CT molecular complexity index is 635. The van der Waals surface area contributed by atoms with Gasteiger partial charge in [0.25, 0.3) is 0 Å². The zero-order valence-electron chi connectivity index (χ0n) is 10.1. The van der Waals surface area contributed by atoms with Crippen molar-refractivity contribution >= 4 is 38.4 Å². The lowest BCUT2D eigenvalue weighted by atomic mass is 9.91. The molecule has 0 atom stereocenters. The van der Waals surface area contributed by atoms with E-state index in [1.54, 1.807) is 6.07 Å². The van der Waals surface area contributed by atoms with Gasteiger partial charge in [-0.3, -0.25) is 0 Å². The van der Waals surface area contributed by atoms with Crippen molar-refractivity contribution in [2.45, 2.75) is 26.2 Å². The summed E-state index contributed by atoms with van der Waals surface area (Å²) >= 11 is 9.01. The van der Waals surface area contributed by atoms with Crippen LogP contribution in [0.2, 0.25) is 5.02 Å². The molecule has 0 saturated carbocycles. The monoisotopic (exact) mass is 333 g/mol. The molecule has 0 aliphatic rings. The van der Waals surface area contributed by atoms with Crippen LogP contribution in [0.4, 0.5) is 8.78 Å². The summed E-state index contributed by atoms with van der Waals surface area (Å²) in [5.74, 6) is -1.18. The summed E-state index contributed by atoms with van der Waals surface area (Å²) in [6.45, 7) is 5.81. The van der Waals surface area contributed by atoms with Crippen LogP contribution in [0, 0.1) is 11.6 Å². The largest absolute Gasteiger partial charge is 0.249 e. The molecule has 0 fully saturated rings. The van der Waals surface area contributed by atoms with E-state index in [1.165, 1.54) is 0 Å². The lowest BCUT2D eigenvalue weighted by molar-refractivity contribution is 0.567. The number of rotatable bonds is 0. The smallest absolute Gasteiger partial charge is 0.150 e. The van der Waals surface area contributed by atoms with E-state index >= 15 is 0 Å². The van der Waals surface area contributed by atoms with E-state index in [0.717, 1.165) is 6.07 Å². The summed E-state index contributed by atoms with van der Waals surface area (Å²) in [5.41, 5.74) is 0.308. The molecular formula is C13H11BrClF2N. The number of fused-ring (bicyclic) bond motifs is 1. The molecule has 0 unspecified atom stereocenters. The third-order valence-electron chi connectivity index (χ3n) is 2.65. The number of hydrogen-bond acceptors (Lipinski definition) is 1. The highest BCUT2D eigenvalue weighted by Gasteiger charge is 2.21. The van der Waals surface area contributed by atoms with Crippen LogP contribution >= 0.6 is 27.5 Å². The van der Waals surface area contributed by atoms with Crippen molar-refractivity contribution in [1.82, 2.24) is 4.98 Å². The fraction of sp³-hybridized carbons (Fsp3) is 0.308. The minimum Gasteiger partial charge on any atom is -0.249 e. The van der Waals surface area contributed by atoms with Gasteiger partial charge < -0.3 is 0 Å². The van der Waals surface area contributed by atoms with Gasteiger partial charge in [0.1, 0.15) is 11.3 Å². The van der Waals surface area contributed by atoms with E-state index in [-0.39, 0.29) is 25.8 Å². The maximum Gasteiger partial charge on any atom is 0.150 e. The standard InChI is InChI=1S/C13H11BrClF2N/c1-13(2,3)9-5-7(15)10-11(17)6(14)4-8(16)12(10)18-9/h4-5H,1-3H3. The van der Waals surface area contributed by atoms with Gasteiger partial charge in [0.05, 0.1) is 14.9 Å². The van der Waals surface area contributed by atoms with Crippen molar-refractivity contribution in [1.29, 1.82) is 0 Å². The second-order valence-corrected chi connectivity index (χ2v) is 6.38. The molecule has 0 aliphatic heterocycles. The zero-order valence-corrected chi connectivity index (χ0v) is 12.5. The second kappa shape index (κ2) is 4.42. The molecule has 0 amide bonds. The first-order chi connectivity index (χ1) is 8.21. The fourth-order valence-electron chi connectivity index (χ4n) is 1.64. The molecular weight excluding hydrogens is 324 g/mol. The van der Waals surface area contributed by atoms with Gasteiger partial charge in [0, 0.05) is 11.1 Å². The highest BCUT2D eigenvalue weighted by molar-refractivity contribution is 9.10. The third-order valence-corrected chi connectivity index (χ3v) is 3.52. The third kappa shape index (κ3) is 2.24. The maximum absolute atomic E-state index is 13.9. The first-order valence-electron chi connectivity index (χ1n) is 5.36. The van der Waals surface area contributed by atoms with Crippen LogP contribution in [0.25, 0.3) is 10.9 Å². The van der Waals surface area contributed by atoms with Gasteiger partial charge in [0.15, 0.2) is 5.82 Å². The van der Waals surface area contributed by atoms with E-state index < -0.39 is 11.6 Å². The van der Waals surface area contributed by atoms with Gasteiger partial charge in [-0.2, -0.15) is 0 Å². The Morgan fingerprint density at radius 1 is 1.22 bits per heavy atom. The summed E-state index contributed by atoms with van der Waals surface area (Å²) in [4.78, 5) is 4.19. The van der Waals surface area contributed by atoms with Gasteiger partial charge in [-0.05, 0) is 28.1 Å². The molecule has 5 heteroatoms. The molecule has 0 spiro atoms.